The molecular formula is C18H13F4N3O. The van der Waals surface area contributed by atoms with Crippen LogP contribution in [0.1, 0.15) is 22.5 Å². The molecule has 3 aromatic rings. The summed E-state index contributed by atoms with van der Waals surface area (Å²) in [5.74, 6) is -2.46. The van der Waals surface area contributed by atoms with Crippen molar-refractivity contribution in [1.82, 2.24) is 9.78 Å². The Labute approximate surface area is 146 Å². The van der Waals surface area contributed by atoms with Gasteiger partial charge in [-0.05, 0) is 18.2 Å². The average Bonchev–Trinajstić information content (AvgIpc) is 2.98. The smallest absolute Gasteiger partial charge is 0.282 e. The van der Waals surface area contributed by atoms with Gasteiger partial charge in [-0.15, -0.1) is 0 Å². The molecule has 0 aliphatic carbocycles. The Morgan fingerprint density at radius 2 is 1.73 bits per heavy atom. The van der Waals surface area contributed by atoms with Crippen molar-refractivity contribution in [1.29, 1.82) is 0 Å². The molecule has 26 heavy (non-hydrogen) atoms. The van der Waals surface area contributed by atoms with Gasteiger partial charge in [-0.2, -0.15) is 5.10 Å². The highest BCUT2D eigenvalue weighted by Gasteiger charge is 2.24. The van der Waals surface area contributed by atoms with Crippen LogP contribution >= 0.6 is 0 Å². The number of aryl methyl sites for hydroxylation is 1. The van der Waals surface area contributed by atoms with E-state index in [2.05, 4.69) is 10.4 Å². The Kier molecular flexibility index (Phi) is 4.75. The van der Waals surface area contributed by atoms with Crippen LogP contribution in [-0.2, 0) is 7.05 Å². The highest BCUT2D eigenvalue weighted by Crippen LogP contribution is 2.32. The van der Waals surface area contributed by atoms with E-state index in [0.717, 1.165) is 23.0 Å². The number of benzene rings is 2. The zero-order valence-electron chi connectivity index (χ0n) is 13.5. The zero-order valence-corrected chi connectivity index (χ0v) is 13.5. The lowest BCUT2D eigenvalue weighted by Crippen LogP contribution is -2.14. The van der Waals surface area contributed by atoms with Crippen LogP contribution in [0.3, 0.4) is 0 Å². The van der Waals surface area contributed by atoms with Crippen molar-refractivity contribution < 1.29 is 22.4 Å². The predicted octanol–water partition coefficient (Wildman–Crippen LogP) is 4.56. The first-order valence-electron chi connectivity index (χ1n) is 7.55. The second kappa shape index (κ2) is 6.99. The topological polar surface area (TPSA) is 46.9 Å². The van der Waals surface area contributed by atoms with Gasteiger partial charge in [0.1, 0.15) is 17.3 Å². The third-order valence-electron chi connectivity index (χ3n) is 3.72. The van der Waals surface area contributed by atoms with E-state index >= 15 is 0 Å². The van der Waals surface area contributed by atoms with Crippen molar-refractivity contribution in [3.63, 3.8) is 0 Å². The number of nitrogens with zero attached hydrogens (tertiary/aromatic N) is 2. The number of carbonyl (C=O) groups excluding carboxylic acids is 1. The Bertz CT molecular complexity index is 949. The van der Waals surface area contributed by atoms with Gasteiger partial charge in [-0.25, -0.2) is 17.6 Å². The highest BCUT2D eigenvalue weighted by atomic mass is 19.3. The first-order chi connectivity index (χ1) is 12.4. The molecular weight excluding hydrogens is 350 g/mol. The number of hydrogen-bond acceptors (Lipinski definition) is 2. The summed E-state index contributed by atoms with van der Waals surface area (Å²) in [6.45, 7) is 0. The molecule has 4 nitrogen and oxygen atoms in total. The fourth-order valence-corrected chi connectivity index (χ4v) is 2.60. The Morgan fingerprint density at radius 3 is 2.38 bits per heavy atom. The molecule has 0 saturated heterocycles. The number of amides is 1. The maximum absolute atomic E-state index is 14.1. The molecule has 0 atom stereocenters. The molecule has 0 unspecified atom stereocenters. The van der Waals surface area contributed by atoms with Crippen molar-refractivity contribution in [3.8, 4) is 11.1 Å². The van der Waals surface area contributed by atoms with Crippen molar-refractivity contribution in [2.45, 2.75) is 6.43 Å². The number of carbonyl (C=O) groups is 1. The van der Waals surface area contributed by atoms with Gasteiger partial charge in [0.05, 0.1) is 11.1 Å². The minimum Gasteiger partial charge on any atom is -0.321 e. The fourth-order valence-electron chi connectivity index (χ4n) is 2.60. The molecule has 1 N–H and O–H groups in total. The number of aromatic nitrogens is 2. The number of rotatable bonds is 4. The van der Waals surface area contributed by atoms with Gasteiger partial charge < -0.3 is 5.32 Å². The largest absolute Gasteiger partial charge is 0.321 e. The molecule has 0 bridgehead atoms. The lowest BCUT2D eigenvalue weighted by molar-refractivity contribution is 0.101. The summed E-state index contributed by atoms with van der Waals surface area (Å²) in [4.78, 5) is 12.4. The van der Waals surface area contributed by atoms with E-state index in [-0.39, 0.29) is 22.4 Å². The lowest BCUT2D eigenvalue weighted by atomic mass is 10.0. The van der Waals surface area contributed by atoms with E-state index in [1.165, 1.54) is 25.2 Å². The monoisotopic (exact) mass is 363 g/mol. The summed E-state index contributed by atoms with van der Waals surface area (Å²) in [7, 11) is 1.41. The Hall–Kier alpha value is -3.16. The van der Waals surface area contributed by atoms with Crippen LogP contribution in [0.2, 0.25) is 0 Å². The van der Waals surface area contributed by atoms with Gasteiger partial charge in [-0.3, -0.25) is 9.48 Å². The molecule has 0 radical (unpaired) electrons. The van der Waals surface area contributed by atoms with Crippen molar-refractivity contribution in [2.75, 3.05) is 5.32 Å². The normalized spacial score (nSPS) is 11.0. The Morgan fingerprint density at radius 1 is 1.08 bits per heavy atom. The number of halogens is 4. The predicted molar refractivity (Wildman–Crippen MR) is 87.9 cm³/mol. The molecule has 8 heteroatoms. The van der Waals surface area contributed by atoms with Crippen LogP contribution in [-0.4, -0.2) is 15.7 Å². The third-order valence-corrected chi connectivity index (χ3v) is 3.72. The van der Waals surface area contributed by atoms with Crippen LogP contribution < -0.4 is 5.32 Å². The summed E-state index contributed by atoms with van der Waals surface area (Å²) < 4.78 is 55.3. The van der Waals surface area contributed by atoms with E-state index in [1.807, 2.05) is 0 Å². The summed E-state index contributed by atoms with van der Waals surface area (Å²) in [5, 5.41) is 6.00. The summed E-state index contributed by atoms with van der Waals surface area (Å²) in [6.07, 6.45) is -1.78. The first kappa shape index (κ1) is 17.7. The summed E-state index contributed by atoms with van der Waals surface area (Å²) >= 11 is 0. The molecule has 0 fully saturated rings. The van der Waals surface area contributed by atoms with Crippen LogP contribution in [0, 0.1) is 11.6 Å². The fraction of sp³-hybridized carbons (Fsp3) is 0.111. The van der Waals surface area contributed by atoms with Crippen molar-refractivity contribution >= 4 is 11.6 Å². The maximum atomic E-state index is 14.1. The summed E-state index contributed by atoms with van der Waals surface area (Å²) in [5.41, 5.74) is -1.11. The Balaban J connectivity index is 2.01. The first-order valence-corrected chi connectivity index (χ1v) is 7.55. The molecule has 0 aliphatic heterocycles. The molecule has 1 aromatic heterocycles. The number of anilines is 1. The van der Waals surface area contributed by atoms with E-state index in [9.17, 15) is 22.4 Å². The number of hydrogen-bond donors (Lipinski definition) is 1. The average molecular weight is 363 g/mol. The van der Waals surface area contributed by atoms with E-state index in [0.29, 0.717) is 0 Å². The highest BCUT2D eigenvalue weighted by molar-refractivity contribution is 6.07. The molecule has 0 saturated carbocycles. The SMILES string of the molecule is Cn1cc(C(=O)Nc2ccccc2-c2c(F)cccc2F)c(C(F)F)n1. The van der Waals surface area contributed by atoms with E-state index in [1.54, 1.807) is 12.1 Å². The molecule has 2 aromatic carbocycles. The minimum absolute atomic E-state index is 0.0885. The van der Waals surface area contributed by atoms with Crippen LogP contribution in [0.4, 0.5) is 23.2 Å². The molecule has 3 rings (SSSR count). The number of alkyl halides is 2. The minimum atomic E-state index is -2.93. The quantitative estimate of drug-likeness (QED) is 0.691. The number of para-hydroxylation sites is 1. The van der Waals surface area contributed by atoms with Crippen LogP contribution in [0.25, 0.3) is 11.1 Å². The molecule has 0 aliphatic rings. The summed E-state index contributed by atoms with van der Waals surface area (Å²) in [6, 6.07) is 9.35. The van der Waals surface area contributed by atoms with Gasteiger partial charge in [0, 0.05) is 24.5 Å². The second-order valence-electron chi connectivity index (χ2n) is 5.50. The van der Waals surface area contributed by atoms with E-state index < -0.39 is 29.7 Å². The van der Waals surface area contributed by atoms with Crippen molar-refractivity contribution in [3.05, 3.63) is 71.6 Å². The lowest BCUT2D eigenvalue weighted by Gasteiger charge is -2.12. The third kappa shape index (κ3) is 3.30. The van der Waals surface area contributed by atoms with Crippen LogP contribution in [0.15, 0.2) is 48.7 Å². The van der Waals surface area contributed by atoms with Gasteiger partial charge in [0.2, 0.25) is 0 Å². The standard InChI is InChI=1S/C18H13F4N3O/c1-25-9-11(16(24-25)17(21)22)18(26)23-14-8-3-2-5-10(14)15-12(19)6-4-7-13(15)20/h2-9,17H,1H3,(H,23,26). The molecule has 134 valence electrons. The molecule has 1 heterocycles. The van der Waals surface area contributed by atoms with Gasteiger partial charge in [0.15, 0.2) is 0 Å². The van der Waals surface area contributed by atoms with Gasteiger partial charge in [0.25, 0.3) is 12.3 Å². The number of nitrogens with one attached hydrogen (secondary N) is 1. The van der Waals surface area contributed by atoms with Crippen molar-refractivity contribution in [2.24, 2.45) is 7.05 Å². The van der Waals surface area contributed by atoms with Gasteiger partial charge in [-0.1, -0.05) is 24.3 Å². The van der Waals surface area contributed by atoms with E-state index in [4.69, 9.17) is 0 Å². The molecule has 1 amide bonds. The van der Waals surface area contributed by atoms with Gasteiger partial charge >= 0.3 is 0 Å². The second-order valence-corrected chi connectivity index (χ2v) is 5.50. The molecule has 0 spiro atoms. The zero-order chi connectivity index (χ0) is 18.8. The van der Waals surface area contributed by atoms with Crippen LogP contribution in [0.5, 0.6) is 0 Å². The maximum Gasteiger partial charge on any atom is 0.282 e.